The van der Waals surface area contributed by atoms with E-state index in [0.29, 0.717) is 23.2 Å². The first-order chi connectivity index (χ1) is 12.0. The molecule has 126 valence electrons. The van der Waals surface area contributed by atoms with Crippen molar-refractivity contribution in [1.29, 1.82) is 0 Å². The molecular formula is C17H10F3N3O2. The number of para-hydroxylation sites is 2. The molecule has 2 heterocycles. The molecule has 0 unspecified atom stereocenters. The van der Waals surface area contributed by atoms with Crippen molar-refractivity contribution in [2.24, 2.45) is 0 Å². The van der Waals surface area contributed by atoms with Crippen LogP contribution < -0.4 is 5.32 Å². The first kappa shape index (κ1) is 15.1. The topological polar surface area (TPSA) is 69.5 Å². The second-order valence-electron chi connectivity index (χ2n) is 5.45. The number of hydrogen-bond donors (Lipinski definition) is 3. The summed E-state index contributed by atoms with van der Waals surface area (Å²) in [6, 6.07) is 8.05. The molecule has 0 atom stereocenters. The van der Waals surface area contributed by atoms with Crippen molar-refractivity contribution < 1.29 is 23.1 Å². The number of nitrogens with one attached hydrogen (secondary N) is 2. The van der Waals surface area contributed by atoms with Crippen LogP contribution in [0.2, 0.25) is 0 Å². The number of anilines is 1. The Labute approximate surface area is 138 Å². The lowest BCUT2D eigenvalue weighted by Crippen LogP contribution is -2.14. The second-order valence-corrected chi connectivity index (χ2v) is 5.45. The normalized spacial score (nSPS) is 11.3. The average Bonchev–Trinajstić information content (AvgIpc) is 3.05. The van der Waals surface area contributed by atoms with Crippen molar-refractivity contribution in [2.45, 2.75) is 0 Å². The van der Waals surface area contributed by atoms with Gasteiger partial charge in [0.25, 0.3) is 5.91 Å². The quantitative estimate of drug-likeness (QED) is 0.517. The number of imidazole rings is 1. The summed E-state index contributed by atoms with van der Waals surface area (Å²) < 4.78 is 42.0. The Balaban J connectivity index is 1.82. The van der Waals surface area contributed by atoms with Crippen LogP contribution in [0.4, 0.5) is 18.9 Å². The van der Waals surface area contributed by atoms with Crippen LogP contribution in [-0.2, 0) is 0 Å². The minimum Gasteiger partial charge on any atom is -0.505 e. The van der Waals surface area contributed by atoms with Crippen LogP contribution in [0.3, 0.4) is 0 Å². The molecule has 8 heteroatoms. The van der Waals surface area contributed by atoms with Crippen molar-refractivity contribution in [2.75, 3.05) is 5.32 Å². The van der Waals surface area contributed by atoms with E-state index in [0.717, 1.165) is 0 Å². The number of rotatable bonds is 2. The molecule has 0 aliphatic heterocycles. The van der Waals surface area contributed by atoms with E-state index in [1.807, 2.05) is 5.32 Å². The van der Waals surface area contributed by atoms with Crippen LogP contribution in [0.25, 0.3) is 16.7 Å². The Bertz CT molecular complexity index is 1120. The second kappa shape index (κ2) is 5.30. The van der Waals surface area contributed by atoms with Crippen molar-refractivity contribution in [3.05, 3.63) is 65.6 Å². The van der Waals surface area contributed by atoms with E-state index >= 15 is 0 Å². The molecule has 0 aliphatic carbocycles. The molecule has 0 spiro atoms. The van der Waals surface area contributed by atoms with E-state index in [9.17, 15) is 23.1 Å². The lowest BCUT2D eigenvalue weighted by molar-refractivity contribution is 0.102. The number of H-pyrrole nitrogens is 1. The summed E-state index contributed by atoms with van der Waals surface area (Å²) in [5, 5.41) is 12.1. The Morgan fingerprint density at radius 3 is 2.52 bits per heavy atom. The maximum absolute atomic E-state index is 13.7. The van der Waals surface area contributed by atoms with Crippen LogP contribution in [-0.4, -0.2) is 20.4 Å². The zero-order valence-electron chi connectivity index (χ0n) is 12.5. The summed E-state index contributed by atoms with van der Waals surface area (Å²) in [5.74, 6) is -4.90. The van der Waals surface area contributed by atoms with Gasteiger partial charge in [-0.05, 0) is 12.1 Å². The van der Waals surface area contributed by atoms with E-state index in [1.54, 1.807) is 28.7 Å². The third-order valence-electron chi connectivity index (χ3n) is 3.87. The number of carbonyl (C=O) groups is 1. The largest absolute Gasteiger partial charge is 0.505 e. The molecule has 1 amide bonds. The number of carbonyl (C=O) groups excluding carboxylic acids is 1. The van der Waals surface area contributed by atoms with Gasteiger partial charge in [-0.15, -0.1) is 0 Å². The van der Waals surface area contributed by atoms with Gasteiger partial charge < -0.3 is 15.4 Å². The molecule has 0 bridgehead atoms. The first-order valence-corrected chi connectivity index (χ1v) is 7.22. The minimum atomic E-state index is -1.25. The van der Waals surface area contributed by atoms with Gasteiger partial charge in [0.2, 0.25) is 0 Å². The van der Waals surface area contributed by atoms with Crippen molar-refractivity contribution in [3.8, 4) is 5.75 Å². The molecule has 0 radical (unpaired) electrons. The van der Waals surface area contributed by atoms with Crippen LogP contribution >= 0.6 is 0 Å². The molecule has 4 aromatic rings. The molecule has 0 saturated heterocycles. The summed E-state index contributed by atoms with van der Waals surface area (Å²) in [7, 11) is 0. The fourth-order valence-corrected chi connectivity index (χ4v) is 2.78. The minimum absolute atomic E-state index is 0.181. The summed E-state index contributed by atoms with van der Waals surface area (Å²) in [4.78, 5) is 15.4. The number of halogens is 3. The summed E-state index contributed by atoms with van der Waals surface area (Å²) >= 11 is 0. The molecule has 2 aromatic carbocycles. The SMILES string of the molecule is O=C(Nc1c(F)cc(F)cc1F)c1c(O)cn2c1[nH]c1ccccc12. The molecule has 0 saturated carbocycles. The predicted molar refractivity (Wildman–Crippen MR) is 85.2 cm³/mol. The Morgan fingerprint density at radius 1 is 1.12 bits per heavy atom. The number of nitrogens with zero attached hydrogens (tertiary/aromatic N) is 1. The number of aromatic amines is 1. The molecular weight excluding hydrogens is 335 g/mol. The fraction of sp³-hybridized carbons (Fsp3) is 0. The van der Waals surface area contributed by atoms with Gasteiger partial charge in [0.05, 0.1) is 17.2 Å². The third-order valence-corrected chi connectivity index (χ3v) is 3.87. The Kier molecular flexibility index (Phi) is 3.21. The number of aromatic nitrogens is 2. The number of aromatic hydroxyl groups is 1. The lowest BCUT2D eigenvalue weighted by Gasteiger charge is -2.07. The highest BCUT2D eigenvalue weighted by molar-refractivity contribution is 6.11. The van der Waals surface area contributed by atoms with E-state index in [2.05, 4.69) is 4.98 Å². The number of amides is 1. The molecule has 0 aliphatic rings. The molecule has 2 aromatic heterocycles. The van der Waals surface area contributed by atoms with Gasteiger partial charge in [0.15, 0.2) is 11.6 Å². The average molecular weight is 345 g/mol. The molecule has 4 rings (SSSR count). The highest BCUT2D eigenvalue weighted by Crippen LogP contribution is 2.30. The van der Waals surface area contributed by atoms with E-state index in [-0.39, 0.29) is 17.0 Å². The smallest absolute Gasteiger partial charge is 0.263 e. The fourth-order valence-electron chi connectivity index (χ4n) is 2.78. The highest BCUT2D eigenvalue weighted by atomic mass is 19.1. The van der Waals surface area contributed by atoms with Gasteiger partial charge in [-0.1, -0.05) is 12.1 Å². The first-order valence-electron chi connectivity index (χ1n) is 7.22. The van der Waals surface area contributed by atoms with E-state index < -0.39 is 29.0 Å². The highest BCUT2D eigenvalue weighted by Gasteiger charge is 2.23. The monoisotopic (exact) mass is 345 g/mol. The van der Waals surface area contributed by atoms with Gasteiger partial charge in [-0.2, -0.15) is 0 Å². The Morgan fingerprint density at radius 2 is 1.80 bits per heavy atom. The van der Waals surface area contributed by atoms with Crippen LogP contribution in [0.5, 0.6) is 5.75 Å². The van der Waals surface area contributed by atoms with Crippen molar-refractivity contribution in [3.63, 3.8) is 0 Å². The maximum Gasteiger partial charge on any atom is 0.263 e. The van der Waals surface area contributed by atoms with Crippen LogP contribution in [0, 0.1) is 17.5 Å². The zero-order valence-corrected chi connectivity index (χ0v) is 12.5. The number of hydrogen-bond acceptors (Lipinski definition) is 2. The summed E-state index contributed by atoms with van der Waals surface area (Å²) in [5.41, 5.74) is 0.719. The standard InChI is InChI=1S/C17H10F3N3O2/c18-8-5-9(19)15(10(20)6-8)22-17(25)14-13(24)7-23-12-4-2-1-3-11(12)21-16(14)23/h1-7,21,24H,(H,22,25). The van der Waals surface area contributed by atoms with Gasteiger partial charge in [0, 0.05) is 12.1 Å². The maximum atomic E-state index is 13.7. The molecule has 5 nitrogen and oxygen atoms in total. The summed E-state index contributed by atoms with van der Waals surface area (Å²) in [6.07, 6.45) is 1.32. The van der Waals surface area contributed by atoms with Gasteiger partial charge >= 0.3 is 0 Å². The van der Waals surface area contributed by atoms with Crippen molar-refractivity contribution in [1.82, 2.24) is 9.38 Å². The number of benzene rings is 2. The molecule has 0 fully saturated rings. The van der Waals surface area contributed by atoms with Crippen LogP contribution in [0.1, 0.15) is 10.4 Å². The van der Waals surface area contributed by atoms with Crippen LogP contribution in [0.15, 0.2) is 42.6 Å². The van der Waals surface area contributed by atoms with E-state index in [4.69, 9.17) is 0 Å². The van der Waals surface area contributed by atoms with Gasteiger partial charge in [-0.25, -0.2) is 13.2 Å². The van der Waals surface area contributed by atoms with Gasteiger partial charge in [-0.3, -0.25) is 9.20 Å². The third kappa shape index (κ3) is 2.30. The zero-order chi connectivity index (χ0) is 17.7. The Hall–Kier alpha value is -3.42. The van der Waals surface area contributed by atoms with Gasteiger partial charge in [0.1, 0.15) is 28.5 Å². The molecule has 3 N–H and O–H groups in total. The lowest BCUT2D eigenvalue weighted by atomic mass is 10.2. The summed E-state index contributed by atoms with van der Waals surface area (Å²) in [6.45, 7) is 0. The molecule has 25 heavy (non-hydrogen) atoms. The van der Waals surface area contributed by atoms with E-state index in [1.165, 1.54) is 6.20 Å². The number of fused-ring (bicyclic) bond motifs is 3. The van der Waals surface area contributed by atoms with Crippen molar-refractivity contribution >= 4 is 28.3 Å². The predicted octanol–water partition coefficient (Wildman–Crippen LogP) is 3.80.